The van der Waals surface area contributed by atoms with Gasteiger partial charge in [-0.3, -0.25) is 4.98 Å². The van der Waals surface area contributed by atoms with Crippen molar-refractivity contribution in [1.82, 2.24) is 4.98 Å². The SMILES string of the molecule is COc1ccnc(CC(OC)C(=O)O)c1. The molecule has 0 aliphatic carbocycles. The molecule has 0 aliphatic heterocycles. The zero-order valence-electron chi connectivity index (χ0n) is 8.64. The predicted molar refractivity (Wildman–Crippen MR) is 52.9 cm³/mol. The third-order valence-electron chi connectivity index (χ3n) is 1.98. The molecule has 1 aromatic rings. The van der Waals surface area contributed by atoms with Crippen LogP contribution in [0.4, 0.5) is 0 Å². The quantitative estimate of drug-likeness (QED) is 0.777. The monoisotopic (exact) mass is 211 g/mol. The average molecular weight is 211 g/mol. The second-order valence-electron chi connectivity index (χ2n) is 2.95. The number of methoxy groups -OCH3 is 2. The van der Waals surface area contributed by atoms with Crippen molar-refractivity contribution in [3.05, 3.63) is 24.0 Å². The average Bonchev–Trinajstić information content (AvgIpc) is 2.25. The molecule has 1 rings (SSSR count). The molecular formula is C10H13NO4. The van der Waals surface area contributed by atoms with Crippen molar-refractivity contribution in [1.29, 1.82) is 0 Å². The van der Waals surface area contributed by atoms with Gasteiger partial charge in [-0.25, -0.2) is 4.79 Å². The van der Waals surface area contributed by atoms with Crippen LogP contribution in [0, 0.1) is 0 Å². The minimum absolute atomic E-state index is 0.225. The number of nitrogens with zero attached hydrogens (tertiary/aromatic N) is 1. The van der Waals surface area contributed by atoms with E-state index in [1.54, 1.807) is 25.4 Å². The number of carboxylic acid groups (broad SMARTS) is 1. The number of carbonyl (C=O) groups is 1. The fraction of sp³-hybridized carbons (Fsp3) is 0.400. The summed E-state index contributed by atoms with van der Waals surface area (Å²) < 4.78 is 9.81. The second-order valence-corrected chi connectivity index (χ2v) is 2.95. The molecule has 5 nitrogen and oxygen atoms in total. The van der Waals surface area contributed by atoms with Crippen LogP contribution in [0.5, 0.6) is 5.75 Å². The van der Waals surface area contributed by atoms with Crippen molar-refractivity contribution in [2.75, 3.05) is 14.2 Å². The minimum atomic E-state index is -0.998. The van der Waals surface area contributed by atoms with Gasteiger partial charge < -0.3 is 14.6 Å². The van der Waals surface area contributed by atoms with Gasteiger partial charge in [0.2, 0.25) is 0 Å². The predicted octanol–water partition coefficient (Wildman–Crippen LogP) is 0.732. The summed E-state index contributed by atoms with van der Waals surface area (Å²) in [5, 5.41) is 8.78. The zero-order valence-corrected chi connectivity index (χ0v) is 8.64. The molecule has 1 N–H and O–H groups in total. The number of hydrogen-bond donors (Lipinski definition) is 1. The van der Waals surface area contributed by atoms with Gasteiger partial charge in [-0.15, -0.1) is 0 Å². The summed E-state index contributed by atoms with van der Waals surface area (Å²) >= 11 is 0. The Hall–Kier alpha value is -1.62. The van der Waals surface area contributed by atoms with E-state index < -0.39 is 12.1 Å². The van der Waals surface area contributed by atoms with E-state index in [0.29, 0.717) is 11.4 Å². The number of rotatable bonds is 5. The van der Waals surface area contributed by atoms with Crippen LogP contribution in [0.25, 0.3) is 0 Å². The lowest BCUT2D eigenvalue weighted by atomic mass is 10.2. The van der Waals surface area contributed by atoms with Gasteiger partial charge in [0.25, 0.3) is 0 Å². The van der Waals surface area contributed by atoms with Crippen molar-refractivity contribution in [3.63, 3.8) is 0 Å². The summed E-state index contributed by atoms with van der Waals surface area (Å²) in [5.41, 5.74) is 0.628. The van der Waals surface area contributed by atoms with E-state index in [-0.39, 0.29) is 6.42 Å². The molecule has 0 amide bonds. The third-order valence-corrected chi connectivity index (χ3v) is 1.98. The van der Waals surface area contributed by atoms with Gasteiger partial charge >= 0.3 is 5.97 Å². The maximum absolute atomic E-state index is 10.7. The Morgan fingerprint density at radius 1 is 1.60 bits per heavy atom. The van der Waals surface area contributed by atoms with Crippen molar-refractivity contribution < 1.29 is 19.4 Å². The molecule has 0 bridgehead atoms. The summed E-state index contributed by atoms with van der Waals surface area (Å²) in [6.45, 7) is 0. The summed E-state index contributed by atoms with van der Waals surface area (Å²) in [4.78, 5) is 14.7. The molecule has 1 heterocycles. The lowest BCUT2D eigenvalue weighted by Gasteiger charge is -2.10. The van der Waals surface area contributed by atoms with Crippen molar-refractivity contribution in [3.8, 4) is 5.75 Å². The summed E-state index contributed by atoms with van der Waals surface area (Å²) in [5.74, 6) is -0.345. The number of aliphatic carboxylic acids is 1. The number of hydrogen-bond acceptors (Lipinski definition) is 4. The molecular weight excluding hydrogens is 198 g/mol. The highest BCUT2D eigenvalue weighted by atomic mass is 16.5. The largest absolute Gasteiger partial charge is 0.497 e. The summed E-state index contributed by atoms with van der Waals surface area (Å²) in [7, 11) is 2.91. The molecule has 15 heavy (non-hydrogen) atoms. The van der Waals surface area contributed by atoms with Crippen LogP contribution in [-0.4, -0.2) is 36.4 Å². The van der Waals surface area contributed by atoms with E-state index in [4.69, 9.17) is 14.6 Å². The van der Waals surface area contributed by atoms with Crippen molar-refractivity contribution in [2.45, 2.75) is 12.5 Å². The molecule has 0 aliphatic rings. The Kier molecular flexibility index (Phi) is 4.05. The van der Waals surface area contributed by atoms with Crippen molar-refractivity contribution >= 4 is 5.97 Å². The van der Waals surface area contributed by atoms with Gasteiger partial charge in [-0.05, 0) is 6.07 Å². The van der Waals surface area contributed by atoms with Crippen molar-refractivity contribution in [2.24, 2.45) is 0 Å². The van der Waals surface area contributed by atoms with Gasteiger partial charge in [-0.1, -0.05) is 0 Å². The Balaban J connectivity index is 2.74. The second kappa shape index (κ2) is 5.31. The topological polar surface area (TPSA) is 68.7 Å². The fourth-order valence-corrected chi connectivity index (χ4v) is 1.16. The zero-order chi connectivity index (χ0) is 11.3. The number of carboxylic acids is 1. The van der Waals surface area contributed by atoms with Gasteiger partial charge in [0.05, 0.1) is 7.11 Å². The number of ether oxygens (including phenoxy) is 2. The standard InChI is InChI=1S/C10H13NO4/c1-14-8-3-4-11-7(5-8)6-9(15-2)10(12)13/h3-5,9H,6H2,1-2H3,(H,12,13). The molecule has 0 saturated carbocycles. The first-order valence-corrected chi connectivity index (χ1v) is 4.42. The normalized spacial score (nSPS) is 12.1. The molecule has 82 valence electrons. The molecule has 0 saturated heterocycles. The molecule has 0 fully saturated rings. The van der Waals surface area contributed by atoms with E-state index in [0.717, 1.165) is 0 Å². The van der Waals surface area contributed by atoms with Crippen LogP contribution in [0.1, 0.15) is 5.69 Å². The Morgan fingerprint density at radius 2 is 2.33 bits per heavy atom. The first-order valence-electron chi connectivity index (χ1n) is 4.42. The lowest BCUT2D eigenvalue weighted by molar-refractivity contribution is -0.148. The van der Waals surface area contributed by atoms with Crippen LogP contribution >= 0.6 is 0 Å². The molecule has 0 spiro atoms. The van der Waals surface area contributed by atoms with Gasteiger partial charge in [0.1, 0.15) is 5.75 Å². The van der Waals surface area contributed by atoms with Crippen LogP contribution in [0.3, 0.4) is 0 Å². The highest BCUT2D eigenvalue weighted by Gasteiger charge is 2.17. The molecule has 1 unspecified atom stereocenters. The fourth-order valence-electron chi connectivity index (χ4n) is 1.16. The number of aromatic nitrogens is 1. The first kappa shape index (κ1) is 11.5. The van der Waals surface area contributed by atoms with Gasteiger partial charge in [-0.2, -0.15) is 0 Å². The highest BCUT2D eigenvalue weighted by Crippen LogP contribution is 2.12. The van der Waals surface area contributed by atoms with E-state index in [2.05, 4.69) is 4.98 Å². The third kappa shape index (κ3) is 3.21. The van der Waals surface area contributed by atoms with Crippen LogP contribution < -0.4 is 4.74 Å². The molecule has 1 aromatic heterocycles. The van der Waals surface area contributed by atoms with E-state index in [1.807, 2.05) is 0 Å². The van der Waals surface area contributed by atoms with Gasteiger partial charge in [0.15, 0.2) is 6.10 Å². The first-order chi connectivity index (χ1) is 7.17. The van der Waals surface area contributed by atoms with Gasteiger partial charge in [0, 0.05) is 31.5 Å². The Morgan fingerprint density at radius 3 is 2.87 bits per heavy atom. The Bertz CT molecular complexity index is 340. The Labute approximate surface area is 87.7 Å². The highest BCUT2D eigenvalue weighted by molar-refractivity contribution is 5.72. The van der Waals surface area contributed by atoms with Crippen LogP contribution in [-0.2, 0) is 16.0 Å². The maximum atomic E-state index is 10.7. The maximum Gasteiger partial charge on any atom is 0.333 e. The molecule has 5 heteroatoms. The smallest absolute Gasteiger partial charge is 0.333 e. The molecule has 1 atom stereocenters. The number of pyridine rings is 1. The summed E-state index contributed by atoms with van der Waals surface area (Å²) in [6, 6.07) is 3.39. The van der Waals surface area contributed by atoms with E-state index >= 15 is 0 Å². The van der Waals surface area contributed by atoms with E-state index in [1.165, 1.54) is 7.11 Å². The molecule has 0 radical (unpaired) electrons. The lowest BCUT2D eigenvalue weighted by Crippen LogP contribution is -2.25. The summed E-state index contributed by atoms with van der Waals surface area (Å²) in [6.07, 6.45) is 0.927. The molecule has 0 aromatic carbocycles. The van der Waals surface area contributed by atoms with E-state index in [9.17, 15) is 4.79 Å². The van der Waals surface area contributed by atoms with Crippen LogP contribution in [0.2, 0.25) is 0 Å². The van der Waals surface area contributed by atoms with Crippen LogP contribution in [0.15, 0.2) is 18.3 Å². The minimum Gasteiger partial charge on any atom is -0.497 e.